The van der Waals surface area contributed by atoms with Crippen LogP contribution in [0.25, 0.3) is 11.3 Å². The van der Waals surface area contributed by atoms with E-state index in [2.05, 4.69) is 14.7 Å². The summed E-state index contributed by atoms with van der Waals surface area (Å²) in [7, 11) is 1.32. The topological polar surface area (TPSA) is 64.2 Å². The van der Waals surface area contributed by atoms with Crippen molar-refractivity contribution in [2.45, 2.75) is 13.8 Å². The van der Waals surface area contributed by atoms with E-state index in [9.17, 15) is 4.79 Å². The van der Waals surface area contributed by atoms with Crippen molar-refractivity contribution >= 4 is 5.97 Å². The molecule has 100 valence electrons. The number of esters is 1. The number of hydrogen-bond acceptors (Lipinski definition) is 4. The number of H-pyrrole nitrogens is 1. The number of nitrogens with zero attached hydrogens (tertiary/aromatic N) is 1. The second-order valence-corrected chi connectivity index (χ2v) is 4.05. The number of aryl methyl sites for hydroxylation is 1. The number of carbonyl (C=O) groups excluding carboxylic acids is 1. The minimum absolute atomic E-state index is 0.198. The number of carbonyl (C=O) groups is 1. The fourth-order valence-electron chi connectivity index (χ4n) is 1.80. The third kappa shape index (κ3) is 2.76. The summed E-state index contributed by atoms with van der Waals surface area (Å²) in [5.74, 6) is 0.580. The van der Waals surface area contributed by atoms with Gasteiger partial charge in [0.25, 0.3) is 0 Å². The number of aromatic nitrogens is 2. The molecule has 0 saturated heterocycles. The van der Waals surface area contributed by atoms with Crippen molar-refractivity contribution in [1.82, 2.24) is 9.97 Å². The Kier molecular flexibility index (Phi) is 3.85. The number of aromatic amines is 1. The molecule has 1 aromatic heterocycles. The number of methoxy groups -OCH3 is 1. The normalized spacial score (nSPS) is 10.3. The molecule has 0 aliphatic carbocycles. The minimum atomic E-state index is -0.478. The van der Waals surface area contributed by atoms with Crippen molar-refractivity contribution in [3.8, 4) is 17.0 Å². The van der Waals surface area contributed by atoms with Gasteiger partial charge < -0.3 is 14.5 Å². The Morgan fingerprint density at radius 3 is 2.84 bits per heavy atom. The van der Waals surface area contributed by atoms with E-state index in [1.807, 2.05) is 32.0 Å². The van der Waals surface area contributed by atoms with E-state index in [1.54, 1.807) is 6.20 Å². The zero-order valence-corrected chi connectivity index (χ0v) is 11.2. The van der Waals surface area contributed by atoms with Crippen molar-refractivity contribution in [2.24, 2.45) is 0 Å². The van der Waals surface area contributed by atoms with Gasteiger partial charge in [-0.15, -0.1) is 0 Å². The van der Waals surface area contributed by atoms with Gasteiger partial charge in [-0.1, -0.05) is 0 Å². The zero-order chi connectivity index (χ0) is 13.8. The Morgan fingerprint density at radius 2 is 2.21 bits per heavy atom. The van der Waals surface area contributed by atoms with Gasteiger partial charge in [-0.05, 0) is 37.6 Å². The van der Waals surface area contributed by atoms with E-state index < -0.39 is 5.97 Å². The van der Waals surface area contributed by atoms with Crippen LogP contribution in [0.15, 0.2) is 24.4 Å². The molecule has 0 saturated carbocycles. The molecule has 0 unspecified atom stereocenters. The molecular formula is C14H16N2O3. The Labute approximate surface area is 111 Å². The Morgan fingerprint density at radius 1 is 1.42 bits per heavy atom. The number of hydrogen-bond donors (Lipinski definition) is 1. The monoisotopic (exact) mass is 260 g/mol. The van der Waals surface area contributed by atoms with Gasteiger partial charge in [0.15, 0.2) is 0 Å². The first kappa shape index (κ1) is 13.1. The van der Waals surface area contributed by atoms with Crippen molar-refractivity contribution in [3.05, 3.63) is 35.8 Å². The first-order valence-corrected chi connectivity index (χ1v) is 6.02. The lowest BCUT2D eigenvalue weighted by atomic mass is 10.1. The Bertz CT molecular complexity index is 590. The largest absolute Gasteiger partial charge is 0.494 e. The molecule has 1 N–H and O–H groups in total. The molecule has 0 aliphatic rings. The molecule has 1 aromatic carbocycles. The average Bonchev–Trinajstić information content (AvgIpc) is 2.90. The third-order valence-electron chi connectivity index (χ3n) is 2.74. The molecule has 0 spiro atoms. The van der Waals surface area contributed by atoms with Gasteiger partial charge in [-0.2, -0.15) is 0 Å². The van der Waals surface area contributed by atoms with Crippen LogP contribution < -0.4 is 4.74 Å². The highest BCUT2D eigenvalue weighted by Gasteiger charge is 2.11. The zero-order valence-electron chi connectivity index (χ0n) is 11.2. The molecule has 5 nitrogen and oxygen atoms in total. The first-order chi connectivity index (χ1) is 9.15. The lowest BCUT2D eigenvalue weighted by molar-refractivity contribution is 0.0588. The van der Waals surface area contributed by atoms with Crippen LogP contribution in [0, 0.1) is 6.92 Å². The maximum absolute atomic E-state index is 11.3. The minimum Gasteiger partial charge on any atom is -0.494 e. The number of nitrogens with one attached hydrogen (secondary N) is 1. The highest BCUT2D eigenvalue weighted by Crippen LogP contribution is 2.25. The highest BCUT2D eigenvalue weighted by atomic mass is 16.5. The van der Waals surface area contributed by atoms with E-state index in [0.717, 1.165) is 22.6 Å². The number of ether oxygens (including phenoxy) is 2. The molecular weight excluding hydrogens is 244 g/mol. The summed E-state index contributed by atoms with van der Waals surface area (Å²) in [5, 5.41) is 0. The van der Waals surface area contributed by atoms with Gasteiger partial charge in [-0.25, -0.2) is 9.78 Å². The maximum atomic E-state index is 11.3. The van der Waals surface area contributed by atoms with Crippen LogP contribution in [0.1, 0.15) is 23.1 Å². The lowest BCUT2D eigenvalue weighted by Gasteiger charge is -2.08. The van der Waals surface area contributed by atoms with E-state index >= 15 is 0 Å². The van der Waals surface area contributed by atoms with Gasteiger partial charge in [0.2, 0.25) is 5.82 Å². The van der Waals surface area contributed by atoms with Crippen LogP contribution in [0.4, 0.5) is 0 Å². The number of imidazole rings is 1. The molecule has 0 bridgehead atoms. The molecule has 2 rings (SSSR count). The van der Waals surface area contributed by atoms with Gasteiger partial charge in [0.1, 0.15) is 5.75 Å². The van der Waals surface area contributed by atoms with E-state index in [0.29, 0.717) is 6.61 Å². The molecule has 0 amide bonds. The molecule has 0 atom stereocenters. The SMILES string of the molecule is CCOc1ccc(-c2cnc(C(=O)OC)[nH]2)cc1C. The Hall–Kier alpha value is -2.30. The summed E-state index contributed by atoms with van der Waals surface area (Å²) < 4.78 is 10.1. The summed E-state index contributed by atoms with van der Waals surface area (Å²) in [4.78, 5) is 18.3. The summed E-state index contributed by atoms with van der Waals surface area (Å²) in [6, 6.07) is 5.82. The first-order valence-electron chi connectivity index (χ1n) is 6.02. The van der Waals surface area contributed by atoms with Crippen molar-refractivity contribution in [2.75, 3.05) is 13.7 Å². The molecule has 0 fully saturated rings. The molecule has 5 heteroatoms. The summed E-state index contributed by atoms with van der Waals surface area (Å²) in [6.07, 6.45) is 1.61. The van der Waals surface area contributed by atoms with E-state index in [1.165, 1.54) is 7.11 Å². The average molecular weight is 260 g/mol. The maximum Gasteiger partial charge on any atom is 0.374 e. The third-order valence-corrected chi connectivity index (χ3v) is 2.74. The van der Waals surface area contributed by atoms with Crippen molar-refractivity contribution < 1.29 is 14.3 Å². The van der Waals surface area contributed by atoms with Gasteiger partial charge >= 0.3 is 5.97 Å². The second kappa shape index (κ2) is 5.56. The summed E-state index contributed by atoms with van der Waals surface area (Å²) >= 11 is 0. The van der Waals surface area contributed by atoms with E-state index in [4.69, 9.17) is 4.74 Å². The van der Waals surface area contributed by atoms with Gasteiger partial charge in [-0.3, -0.25) is 0 Å². The van der Waals surface area contributed by atoms with Gasteiger partial charge in [0.05, 0.1) is 25.6 Å². The predicted molar refractivity (Wildman–Crippen MR) is 71.3 cm³/mol. The van der Waals surface area contributed by atoms with Crippen LogP contribution in [0.3, 0.4) is 0 Å². The van der Waals surface area contributed by atoms with Crippen LogP contribution >= 0.6 is 0 Å². The second-order valence-electron chi connectivity index (χ2n) is 4.05. The molecule has 0 aliphatic heterocycles. The van der Waals surface area contributed by atoms with E-state index in [-0.39, 0.29) is 5.82 Å². The van der Waals surface area contributed by atoms with Crippen LogP contribution in [0.5, 0.6) is 5.75 Å². The lowest BCUT2D eigenvalue weighted by Crippen LogP contribution is -2.03. The predicted octanol–water partition coefficient (Wildman–Crippen LogP) is 2.57. The van der Waals surface area contributed by atoms with Crippen molar-refractivity contribution in [3.63, 3.8) is 0 Å². The van der Waals surface area contributed by atoms with Crippen LogP contribution in [0.2, 0.25) is 0 Å². The fourth-order valence-corrected chi connectivity index (χ4v) is 1.80. The van der Waals surface area contributed by atoms with Crippen molar-refractivity contribution in [1.29, 1.82) is 0 Å². The summed E-state index contributed by atoms with van der Waals surface area (Å²) in [6.45, 7) is 4.56. The van der Waals surface area contributed by atoms with Crippen LogP contribution in [-0.4, -0.2) is 29.7 Å². The molecule has 2 aromatic rings. The van der Waals surface area contributed by atoms with Gasteiger partial charge in [0, 0.05) is 5.56 Å². The standard InChI is InChI=1S/C14H16N2O3/c1-4-19-12-6-5-10(7-9(12)2)11-8-15-13(16-11)14(17)18-3/h5-8H,4H2,1-3H3,(H,15,16). The molecule has 0 radical (unpaired) electrons. The van der Waals surface area contributed by atoms with Crippen LogP contribution in [-0.2, 0) is 4.74 Å². The smallest absolute Gasteiger partial charge is 0.374 e. The Balaban J connectivity index is 2.29. The molecule has 19 heavy (non-hydrogen) atoms. The quantitative estimate of drug-likeness (QED) is 0.858. The highest BCUT2D eigenvalue weighted by molar-refractivity contribution is 5.86. The fraction of sp³-hybridized carbons (Fsp3) is 0.286. The number of rotatable bonds is 4. The number of benzene rings is 1. The molecule has 1 heterocycles. The summed E-state index contributed by atoms with van der Waals surface area (Å²) in [5.41, 5.74) is 2.75.